The topological polar surface area (TPSA) is 48.9 Å². The Kier molecular flexibility index (Phi) is 7.82. The lowest BCUT2D eigenvalue weighted by atomic mass is 10.1. The second kappa shape index (κ2) is 10.5. The van der Waals surface area contributed by atoms with E-state index in [2.05, 4.69) is 38.0 Å². The van der Waals surface area contributed by atoms with Crippen LogP contribution in [0.5, 0.6) is 0 Å². The van der Waals surface area contributed by atoms with E-state index in [-0.39, 0.29) is 11.9 Å². The molecule has 1 aromatic heterocycles. The minimum atomic E-state index is -0.185. The average molecular weight is 405 g/mol. The zero-order valence-corrected chi connectivity index (χ0v) is 17.4. The van der Waals surface area contributed by atoms with Gasteiger partial charge in [-0.3, -0.25) is 4.90 Å². The SMILES string of the molecule is CCNC(=NCc1ccc(C)c(F)c1)NCC(c1cccs1)N1CCOCC1. The first-order valence-electron chi connectivity index (χ1n) is 9.79. The van der Waals surface area contributed by atoms with Crippen molar-refractivity contribution in [2.24, 2.45) is 4.99 Å². The molecule has 1 unspecified atom stereocenters. The molecule has 1 fully saturated rings. The van der Waals surface area contributed by atoms with Crippen LogP contribution < -0.4 is 10.6 Å². The first-order chi connectivity index (χ1) is 13.7. The molecule has 2 N–H and O–H groups in total. The predicted molar refractivity (Wildman–Crippen MR) is 113 cm³/mol. The van der Waals surface area contributed by atoms with E-state index >= 15 is 0 Å². The number of aliphatic imine (C=N–C) groups is 1. The van der Waals surface area contributed by atoms with Crippen molar-refractivity contribution >= 4 is 17.3 Å². The normalized spacial score (nSPS) is 16.8. The molecule has 7 heteroatoms. The Morgan fingerprint density at radius 1 is 1.29 bits per heavy atom. The van der Waals surface area contributed by atoms with Crippen LogP contribution in [-0.4, -0.2) is 50.3 Å². The molecule has 1 atom stereocenters. The molecular formula is C21H29FN4OS. The molecule has 0 amide bonds. The minimum Gasteiger partial charge on any atom is -0.379 e. The third-order valence-electron chi connectivity index (χ3n) is 4.82. The first kappa shape index (κ1) is 20.8. The van der Waals surface area contributed by atoms with Crippen LogP contribution in [0, 0.1) is 12.7 Å². The van der Waals surface area contributed by atoms with Gasteiger partial charge in [-0.1, -0.05) is 18.2 Å². The number of hydrogen-bond acceptors (Lipinski definition) is 4. The fourth-order valence-electron chi connectivity index (χ4n) is 3.22. The average Bonchev–Trinajstić information content (AvgIpc) is 3.24. The summed E-state index contributed by atoms with van der Waals surface area (Å²) in [7, 11) is 0. The number of benzene rings is 1. The summed E-state index contributed by atoms with van der Waals surface area (Å²) in [4.78, 5) is 8.44. The molecule has 28 heavy (non-hydrogen) atoms. The van der Waals surface area contributed by atoms with Gasteiger partial charge in [0.1, 0.15) is 5.82 Å². The maximum absolute atomic E-state index is 13.8. The van der Waals surface area contributed by atoms with E-state index in [1.54, 1.807) is 30.4 Å². The number of halogens is 1. The van der Waals surface area contributed by atoms with Crippen LogP contribution in [0.4, 0.5) is 4.39 Å². The van der Waals surface area contributed by atoms with Crippen LogP contribution in [-0.2, 0) is 11.3 Å². The van der Waals surface area contributed by atoms with Gasteiger partial charge in [-0.05, 0) is 42.5 Å². The second-order valence-corrected chi connectivity index (χ2v) is 7.82. The number of morpholine rings is 1. The van der Waals surface area contributed by atoms with E-state index in [0.717, 1.165) is 50.9 Å². The largest absolute Gasteiger partial charge is 0.379 e. The molecule has 0 radical (unpaired) electrons. The number of rotatable bonds is 7. The molecule has 0 saturated carbocycles. The molecular weight excluding hydrogens is 375 g/mol. The Balaban J connectivity index is 1.66. The number of nitrogens with one attached hydrogen (secondary N) is 2. The lowest BCUT2D eigenvalue weighted by Crippen LogP contribution is -2.46. The van der Waals surface area contributed by atoms with Gasteiger partial charge in [0, 0.05) is 31.1 Å². The maximum atomic E-state index is 13.8. The molecule has 2 aromatic rings. The van der Waals surface area contributed by atoms with Gasteiger partial charge in [0.05, 0.1) is 25.8 Å². The molecule has 152 valence electrons. The quantitative estimate of drug-likeness (QED) is 0.549. The number of thiophene rings is 1. The van der Waals surface area contributed by atoms with Crippen molar-refractivity contribution in [3.8, 4) is 0 Å². The zero-order valence-electron chi connectivity index (χ0n) is 16.6. The van der Waals surface area contributed by atoms with Gasteiger partial charge in [0.25, 0.3) is 0 Å². The van der Waals surface area contributed by atoms with Crippen molar-refractivity contribution in [1.29, 1.82) is 0 Å². The summed E-state index contributed by atoms with van der Waals surface area (Å²) in [5.74, 6) is 0.564. The van der Waals surface area contributed by atoms with Gasteiger partial charge in [0.15, 0.2) is 5.96 Å². The first-order valence-corrected chi connectivity index (χ1v) is 10.7. The van der Waals surface area contributed by atoms with E-state index < -0.39 is 0 Å². The van der Waals surface area contributed by atoms with E-state index in [1.807, 2.05) is 13.0 Å². The summed E-state index contributed by atoms with van der Waals surface area (Å²) >= 11 is 1.78. The monoisotopic (exact) mass is 404 g/mol. The highest BCUT2D eigenvalue weighted by Gasteiger charge is 2.23. The van der Waals surface area contributed by atoms with Crippen LogP contribution in [0.1, 0.15) is 29.0 Å². The molecule has 0 bridgehead atoms. The van der Waals surface area contributed by atoms with E-state index in [1.165, 1.54) is 4.88 Å². The highest BCUT2D eigenvalue weighted by molar-refractivity contribution is 7.10. The van der Waals surface area contributed by atoms with E-state index in [9.17, 15) is 4.39 Å². The smallest absolute Gasteiger partial charge is 0.191 e. The summed E-state index contributed by atoms with van der Waals surface area (Å²) in [5.41, 5.74) is 1.52. The van der Waals surface area contributed by atoms with Gasteiger partial charge in [-0.25, -0.2) is 9.38 Å². The number of hydrogen-bond donors (Lipinski definition) is 2. The zero-order chi connectivity index (χ0) is 19.8. The van der Waals surface area contributed by atoms with Crippen LogP contribution in [0.3, 0.4) is 0 Å². The van der Waals surface area contributed by atoms with E-state index in [4.69, 9.17) is 4.74 Å². The van der Waals surface area contributed by atoms with E-state index in [0.29, 0.717) is 12.1 Å². The number of aryl methyl sites for hydroxylation is 1. The number of guanidine groups is 1. The van der Waals surface area contributed by atoms with Crippen LogP contribution in [0.15, 0.2) is 40.7 Å². The second-order valence-electron chi connectivity index (χ2n) is 6.84. The molecule has 0 spiro atoms. The Labute approximate surface area is 170 Å². The Morgan fingerprint density at radius 3 is 2.79 bits per heavy atom. The molecule has 1 aromatic carbocycles. The van der Waals surface area contributed by atoms with Crippen molar-refractivity contribution in [3.63, 3.8) is 0 Å². The van der Waals surface area contributed by atoms with Gasteiger partial charge >= 0.3 is 0 Å². The van der Waals surface area contributed by atoms with Gasteiger partial charge in [0.2, 0.25) is 0 Å². The molecule has 3 rings (SSSR count). The molecule has 1 saturated heterocycles. The van der Waals surface area contributed by atoms with Gasteiger partial charge < -0.3 is 15.4 Å². The summed E-state index contributed by atoms with van der Waals surface area (Å²) in [6.07, 6.45) is 0. The van der Waals surface area contributed by atoms with Crippen LogP contribution >= 0.6 is 11.3 Å². The van der Waals surface area contributed by atoms with Crippen molar-refractivity contribution in [1.82, 2.24) is 15.5 Å². The summed E-state index contributed by atoms with van der Waals surface area (Å²) in [5, 5.41) is 8.88. The number of ether oxygens (including phenoxy) is 1. The fraction of sp³-hybridized carbons (Fsp3) is 0.476. The van der Waals surface area contributed by atoms with Crippen LogP contribution in [0.2, 0.25) is 0 Å². The molecule has 0 aliphatic carbocycles. The van der Waals surface area contributed by atoms with Crippen molar-refractivity contribution < 1.29 is 9.13 Å². The molecule has 2 heterocycles. The van der Waals surface area contributed by atoms with Crippen molar-refractivity contribution in [2.75, 3.05) is 39.4 Å². The Bertz CT molecular complexity index is 760. The predicted octanol–water partition coefficient (Wildman–Crippen LogP) is 3.32. The van der Waals surface area contributed by atoms with Gasteiger partial charge in [-0.15, -0.1) is 11.3 Å². The standard InChI is InChI=1S/C21H29FN4OS/c1-3-23-21(24-14-17-7-6-16(2)18(22)13-17)25-15-19(20-5-4-12-28-20)26-8-10-27-11-9-26/h4-7,12-13,19H,3,8-11,14-15H2,1-2H3,(H2,23,24,25). The summed E-state index contributed by atoms with van der Waals surface area (Å²) < 4.78 is 19.3. The van der Waals surface area contributed by atoms with Crippen molar-refractivity contribution in [3.05, 3.63) is 57.5 Å². The maximum Gasteiger partial charge on any atom is 0.191 e. The molecule has 1 aliphatic heterocycles. The summed E-state index contributed by atoms with van der Waals surface area (Å²) in [6, 6.07) is 9.85. The van der Waals surface area contributed by atoms with Gasteiger partial charge in [-0.2, -0.15) is 0 Å². The lowest BCUT2D eigenvalue weighted by molar-refractivity contribution is 0.0177. The molecule has 5 nitrogen and oxygen atoms in total. The third kappa shape index (κ3) is 5.77. The third-order valence-corrected chi connectivity index (χ3v) is 5.79. The fourth-order valence-corrected chi connectivity index (χ4v) is 4.08. The molecule has 1 aliphatic rings. The Hall–Kier alpha value is -1.96. The Morgan fingerprint density at radius 2 is 2.11 bits per heavy atom. The lowest BCUT2D eigenvalue weighted by Gasteiger charge is -2.34. The highest BCUT2D eigenvalue weighted by Crippen LogP contribution is 2.25. The van der Waals surface area contributed by atoms with Crippen LogP contribution in [0.25, 0.3) is 0 Å². The number of nitrogens with zero attached hydrogens (tertiary/aromatic N) is 2. The van der Waals surface area contributed by atoms with Crippen molar-refractivity contribution in [2.45, 2.75) is 26.4 Å². The minimum absolute atomic E-state index is 0.185. The summed E-state index contributed by atoms with van der Waals surface area (Å²) in [6.45, 7) is 9.19. The highest BCUT2D eigenvalue weighted by atomic mass is 32.1.